The lowest BCUT2D eigenvalue weighted by Gasteiger charge is -2.14. The number of aliphatic hydroxyl groups is 1. The summed E-state index contributed by atoms with van der Waals surface area (Å²) in [6, 6.07) is 16.1. The first-order chi connectivity index (χ1) is 17.0. The maximum Gasteiger partial charge on any atom is 0.119 e. The summed E-state index contributed by atoms with van der Waals surface area (Å²) in [4.78, 5) is 0. The number of benzene rings is 3. The molecule has 0 amide bonds. The van der Waals surface area contributed by atoms with Gasteiger partial charge < -0.3 is 25.6 Å². The Morgan fingerprint density at radius 1 is 0.886 bits per heavy atom. The largest absolute Gasteiger partial charge is 0.497 e. The van der Waals surface area contributed by atoms with Crippen LogP contribution in [-0.4, -0.2) is 38.5 Å². The molecule has 3 aromatic rings. The van der Waals surface area contributed by atoms with Crippen LogP contribution in [0.3, 0.4) is 0 Å². The van der Waals surface area contributed by atoms with Crippen LogP contribution in [0.25, 0.3) is 10.8 Å². The van der Waals surface area contributed by atoms with Gasteiger partial charge in [-0.2, -0.15) is 0 Å². The summed E-state index contributed by atoms with van der Waals surface area (Å²) in [7, 11) is 1.69. The molecule has 0 aliphatic rings. The van der Waals surface area contributed by atoms with Gasteiger partial charge in [0.15, 0.2) is 0 Å². The van der Waals surface area contributed by atoms with Crippen molar-refractivity contribution in [1.82, 2.24) is 5.32 Å². The van der Waals surface area contributed by atoms with Crippen molar-refractivity contribution in [3.8, 4) is 5.75 Å². The number of nitrogens with one attached hydrogen (secondary N) is 1. The lowest BCUT2D eigenvalue weighted by molar-refractivity contribution is 0.127. The van der Waals surface area contributed by atoms with Crippen LogP contribution < -0.4 is 15.8 Å². The first kappa shape index (κ1) is 27.6. The van der Waals surface area contributed by atoms with E-state index < -0.39 is 6.10 Å². The van der Waals surface area contributed by atoms with E-state index in [0.717, 1.165) is 64.0 Å². The Morgan fingerprint density at radius 2 is 1.57 bits per heavy atom. The van der Waals surface area contributed by atoms with Gasteiger partial charge in [0.2, 0.25) is 0 Å². The quantitative estimate of drug-likeness (QED) is 0.156. The summed E-state index contributed by atoms with van der Waals surface area (Å²) in [6.45, 7) is 2.90. The van der Waals surface area contributed by atoms with Gasteiger partial charge in [-0.05, 0) is 78.4 Å². The van der Waals surface area contributed by atoms with Crippen molar-refractivity contribution >= 4 is 39.7 Å². The molecule has 3 rings (SSSR count). The van der Waals surface area contributed by atoms with Crippen LogP contribution in [0.2, 0.25) is 10.0 Å². The Hall–Kier alpha value is -2.02. The van der Waals surface area contributed by atoms with Gasteiger partial charge in [0.25, 0.3) is 0 Å². The zero-order valence-corrected chi connectivity index (χ0v) is 21.9. The summed E-state index contributed by atoms with van der Waals surface area (Å²) >= 11 is 12.1. The van der Waals surface area contributed by atoms with E-state index in [2.05, 4.69) is 35.6 Å². The fraction of sp³-hybridized carbons (Fsp3) is 0.429. The number of unbranched alkanes of at least 4 members (excludes halogenated alkanes) is 3. The fourth-order valence-electron chi connectivity index (χ4n) is 4.00. The molecule has 1 atom stereocenters. The van der Waals surface area contributed by atoms with Gasteiger partial charge in [0.05, 0.1) is 28.9 Å². The van der Waals surface area contributed by atoms with Crippen molar-refractivity contribution in [3.63, 3.8) is 0 Å². The number of anilines is 1. The smallest absolute Gasteiger partial charge is 0.119 e. The number of fused-ring (bicyclic) bond motifs is 1. The van der Waals surface area contributed by atoms with Gasteiger partial charge in [-0.15, -0.1) is 0 Å². The van der Waals surface area contributed by atoms with Crippen molar-refractivity contribution in [2.24, 2.45) is 0 Å². The number of rotatable bonds is 15. The number of hydrogen-bond donors (Lipinski definition) is 3. The highest BCUT2D eigenvalue weighted by Crippen LogP contribution is 2.31. The number of hydrogen-bond acceptors (Lipinski definition) is 5. The SMILES string of the molecule is COc1ccc2cc(CCCOCCCCCCNCC(O)c3cc(Cl)c(N)c(Cl)c3)ccc2c1. The number of nitrogen functional groups attached to an aromatic ring is 1. The highest BCUT2D eigenvalue weighted by molar-refractivity contribution is 6.38. The monoisotopic (exact) mass is 518 g/mol. The van der Waals surface area contributed by atoms with Gasteiger partial charge in [-0.1, -0.05) is 60.3 Å². The molecular weight excluding hydrogens is 483 g/mol. The van der Waals surface area contributed by atoms with E-state index >= 15 is 0 Å². The van der Waals surface area contributed by atoms with E-state index in [0.29, 0.717) is 27.8 Å². The molecule has 0 bridgehead atoms. The molecule has 0 spiro atoms. The van der Waals surface area contributed by atoms with Crippen LogP contribution in [0.4, 0.5) is 5.69 Å². The highest BCUT2D eigenvalue weighted by atomic mass is 35.5. The molecule has 3 aromatic carbocycles. The summed E-state index contributed by atoms with van der Waals surface area (Å²) in [5.41, 5.74) is 8.09. The van der Waals surface area contributed by atoms with Crippen LogP contribution in [0.1, 0.15) is 49.3 Å². The molecule has 0 aliphatic heterocycles. The van der Waals surface area contributed by atoms with Crippen molar-refractivity contribution in [3.05, 3.63) is 69.7 Å². The second-order valence-electron chi connectivity index (χ2n) is 8.80. The Kier molecular flexibility index (Phi) is 11.4. The van der Waals surface area contributed by atoms with E-state index in [9.17, 15) is 5.11 Å². The van der Waals surface area contributed by atoms with E-state index in [1.807, 2.05) is 6.07 Å². The zero-order chi connectivity index (χ0) is 25.0. The van der Waals surface area contributed by atoms with Gasteiger partial charge in [-0.3, -0.25) is 0 Å². The molecule has 190 valence electrons. The minimum Gasteiger partial charge on any atom is -0.497 e. The normalized spacial score (nSPS) is 12.2. The molecule has 0 fully saturated rings. The Labute approximate surface area is 218 Å². The maximum absolute atomic E-state index is 10.3. The molecule has 0 aliphatic carbocycles. The number of methoxy groups -OCH3 is 1. The Balaban J connectivity index is 1.18. The first-order valence-corrected chi connectivity index (χ1v) is 13.0. The molecule has 0 saturated heterocycles. The number of ether oxygens (including phenoxy) is 2. The van der Waals surface area contributed by atoms with Crippen molar-refractivity contribution in [1.29, 1.82) is 0 Å². The second kappa shape index (κ2) is 14.5. The van der Waals surface area contributed by atoms with Crippen LogP contribution in [0.15, 0.2) is 48.5 Å². The highest BCUT2D eigenvalue weighted by Gasteiger charge is 2.12. The second-order valence-corrected chi connectivity index (χ2v) is 9.61. The van der Waals surface area contributed by atoms with Gasteiger partial charge in [0, 0.05) is 19.8 Å². The molecule has 0 aromatic heterocycles. The van der Waals surface area contributed by atoms with Crippen molar-refractivity contribution in [2.75, 3.05) is 39.1 Å². The standard InChI is InChI=1S/C28H36Cl2N2O3/c1-34-24-11-10-21-15-20(8-9-22(21)16-24)7-6-14-35-13-5-3-2-4-12-32-19-27(33)23-17-25(29)28(31)26(30)18-23/h8-11,15-18,27,32-33H,2-7,12-14,19,31H2,1H3. The van der Waals surface area contributed by atoms with Gasteiger partial charge >= 0.3 is 0 Å². The van der Waals surface area contributed by atoms with Crippen molar-refractivity contribution < 1.29 is 14.6 Å². The molecular formula is C28H36Cl2N2O3. The maximum atomic E-state index is 10.3. The van der Waals surface area contributed by atoms with Crippen LogP contribution in [0.5, 0.6) is 5.75 Å². The summed E-state index contributed by atoms with van der Waals surface area (Å²) < 4.78 is 11.1. The number of aliphatic hydroxyl groups excluding tert-OH is 1. The summed E-state index contributed by atoms with van der Waals surface area (Å²) in [6.07, 6.45) is 5.78. The van der Waals surface area contributed by atoms with E-state index in [-0.39, 0.29) is 0 Å². The predicted octanol–water partition coefficient (Wildman–Crippen LogP) is 6.57. The molecule has 0 radical (unpaired) electrons. The van der Waals surface area contributed by atoms with E-state index in [1.165, 1.54) is 16.3 Å². The van der Waals surface area contributed by atoms with Gasteiger partial charge in [-0.25, -0.2) is 0 Å². The third-order valence-electron chi connectivity index (χ3n) is 6.08. The van der Waals surface area contributed by atoms with Crippen LogP contribution in [0, 0.1) is 0 Å². The Morgan fingerprint density at radius 3 is 2.34 bits per heavy atom. The third kappa shape index (κ3) is 8.85. The number of halogens is 2. The fourth-order valence-corrected chi connectivity index (χ4v) is 4.50. The zero-order valence-electron chi connectivity index (χ0n) is 20.4. The predicted molar refractivity (Wildman–Crippen MR) is 147 cm³/mol. The van der Waals surface area contributed by atoms with Gasteiger partial charge in [0.1, 0.15) is 5.75 Å². The minimum absolute atomic E-state index is 0.341. The van der Waals surface area contributed by atoms with E-state index in [4.69, 9.17) is 38.4 Å². The molecule has 7 heteroatoms. The average Bonchev–Trinajstić information content (AvgIpc) is 2.87. The van der Waals surface area contributed by atoms with Crippen LogP contribution in [-0.2, 0) is 11.2 Å². The first-order valence-electron chi connectivity index (χ1n) is 12.3. The van der Waals surface area contributed by atoms with Crippen molar-refractivity contribution in [2.45, 2.75) is 44.6 Å². The minimum atomic E-state index is -0.669. The molecule has 1 unspecified atom stereocenters. The lowest BCUT2D eigenvalue weighted by atomic mass is 10.0. The topological polar surface area (TPSA) is 76.7 Å². The molecule has 5 nitrogen and oxygen atoms in total. The average molecular weight is 520 g/mol. The number of nitrogens with two attached hydrogens (primary N) is 1. The molecule has 0 heterocycles. The Bertz CT molecular complexity index is 1050. The summed E-state index contributed by atoms with van der Waals surface area (Å²) in [5, 5.41) is 16.8. The number of aryl methyl sites for hydroxylation is 1. The van der Waals surface area contributed by atoms with E-state index in [1.54, 1.807) is 19.2 Å². The lowest BCUT2D eigenvalue weighted by Crippen LogP contribution is -2.22. The summed E-state index contributed by atoms with van der Waals surface area (Å²) in [5.74, 6) is 0.889. The third-order valence-corrected chi connectivity index (χ3v) is 6.71. The molecule has 0 saturated carbocycles. The van der Waals surface area contributed by atoms with Crippen LogP contribution >= 0.6 is 23.2 Å². The molecule has 35 heavy (non-hydrogen) atoms. The molecule has 4 N–H and O–H groups in total.